The number of nitrogens with zero attached hydrogens (tertiary/aromatic N) is 2. The van der Waals surface area contributed by atoms with E-state index in [1.807, 2.05) is 11.5 Å². The van der Waals surface area contributed by atoms with Crippen LogP contribution in [0.2, 0.25) is 0 Å². The third kappa shape index (κ3) is 6.98. The highest BCUT2D eigenvalue weighted by Gasteiger charge is 2.10. The van der Waals surface area contributed by atoms with Gasteiger partial charge in [-0.15, -0.1) is 0 Å². The molecule has 3 aromatic rings. The molecule has 3 rings (SSSR count). The molecule has 2 aromatic carbocycles. The minimum atomic E-state index is -0.415. The van der Waals surface area contributed by atoms with Gasteiger partial charge in [-0.25, -0.2) is 4.98 Å². The van der Waals surface area contributed by atoms with Crippen molar-refractivity contribution in [2.45, 2.75) is 19.9 Å². The van der Waals surface area contributed by atoms with Crippen molar-refractivity contribution < 1.29 is 19.1 Å². The van der Waals surface area contributed by atoms with Crippen LogP contribution in [0.3, 0.4) is 0 Å². The summed E-state index contributed by atoms with van der Waals surface area (Å²) in [4.78, 5) is 40.6. The van der Waals surface area contributed by atoms with Crippen LogP contribution in [0.4, 0.5) is 11.4 Å². The van der Waals surface area contributed by atoms with Crippen molar-refractivity contribution in [1.29, 1.82) is 0 Å². The molecule has 9 nitrogen and oxygen atoms in total. The second kappa shape index (κ2) is 11.3. The van der Waals surface area contributed by atoms with Gasteiger partial charge in [0.15, 0.2) is 0 Å². The fourth-order valence-electron chi connectivity index (χ4n) is 2.88. The van der Waals surface area contributed by atoms with Crippen LogP contribution in [0.5, 0.6) is 5.75 Å². The third-order valence-corrected chi connectivity index (χ3v) is 4.42. The Labute approximate surface area is 185 Å². The normalized spacial score (nSPS) is 10.3. The van der Waals surface area contributed by atoms with E-state index in [4.69, 9.17) is 4.74 Å². The molecular formula is C23H25N5O4. The number of amides is 3. The Kier molecular flexibility index (Phi) is 7.96. The van der Waals surface area contributed by atoms with Crippen molar-refractivity contribution in [1.82, 2.24) is 14.9 Å². The Balaban J connectivity index is 1.46. The number of carbonyl (C=O) groups is 3. The number of imidazole rings is 1. The van der Waals surface area contributed by atoms with Gasteiger partial charge < -0.3 is 25.3 Å². The molecule has 0 saturated carbocycles. The molecule has 0 atom stereocenters. The first-order valence-electron chi connectivity index (χ1n) is 10.2. The molecule has 0 aliphatic carbocycles. The van der Waals surface area contributed by atoms with Crippen molar-refractivity contribution in [3.05, 3.63) is 72.8 Å². The van der Waals surface area contributed by atoms with Gasteiger partial charge in [-0.3, -0.25) is 14.4 Å². The lowest BCUT2D eigenvalue weighted by Gasteiger charge is -2.10. The molecule has 0 saturated heterocycles. The van der Waals surface area contributed by atoms with Gasteiger partial charge in [0.05, 0.1) is 19.5 Å². The summed E-state index contributed by atoms with van der Waals surface area (Å²) >= 11 is 0. The zero-order valence-corrected chi connectivity index (χ0v) is 17.7. The maximum absolute atomic E-state index is 12.4. The highest BCUT2D eigenvalue weighted by atomic mass is 16.5. The van der Waals surface area contributed by atoms with E-state index in [2.05, 4.69) is 20.9 Å². The Morgan fingerprint density at radius 3 is 2.50 bits per heavy atom. The monoisotopic (exact) mass is 435 g/mol. The standard InChI is InChI=1S/C23H25N5O4/c1-2-32-20-8-6-18(7-9-20)26-22(30)15-25-23(31)17-4-3-5-19(14-17)27-21(29)10-12-28-13-11-24-16-28/h3-9,11,13-14,16H,2,10,12,15H2,1H3,(H,25,31)(H,26,30)(H,27,29). The number of ether oxygens (including phenoxy) is 1. The number of hydrogen-bond acceptors (Lipinski definition) is 5. The van der Waals surface area contributed by atoms with Crippen molar-refractivity contribution in [2.24, 2.45) is 0 Å². The largest absolute Gasteiger partial charge is 0.494 e. The lowest BCUT2D eigenvalue weighted by atomic mass is 10.2. The molecule has 0 spiro atoms. The minimum Gasteiger partial charge on any atom is -0.494 e. The Hall–Kier alpha value is -4.14. The molecule has 0 unspecified atom stereocenters. The maximum Gasteiger partial charge on any atom is 0.251 e. The summed E-state index contributed by atoms with van der Waals surface area (Å²) in [5.74, 6) is -0.230. The topological polar surface area (TPSA) is 114 Å². The van der Waals surface area contributed by atoms with Gasteiger partial charge in [0.1, 0.15) is 5.75 Å². The van der Waals surface area contributed by atoms with Crippen molar-refractivity contribution in [3.63, 3.8) is 0 Å². The van der Waals surface area contributed by atoms with E-state index in [0.29, 0.717) is 35.8 Å². The second-order valence-corrected chi connectivity index (χ2v) is 6.87. The lowest BCUT2D eigenvalue weighted by molar-refractivity contribution is -0.116. The van der Waals surface area contributed by atoms with Crippen LogP contribution in [0.1, 0.15) is 23.7 Å². The number of carbonyl (C=O) groups excluding carboxylic acids is 3. The van der Waals surface area contributed by atoms with E-state index in [1.165, 1.54) is 0 Å². The molecule has 1 heterocycles. The van der Waals surface area contributed by atoms with Gasteiger partial charge in [-0.1, -0.05) is 6.07 Å². The Morgan fingerprint density at radius 2 is 1.78 bits per heavy atom. The summed E-state index contributed by atoms with van der Waals surface area (Å²) in [6.45, 7) is 2.78. The summed E-state index contributed by atoms with van der Waals surface area (Å²) in [6, 6.07) is 13.5. The van der Waals surface area contributed by atoms with Crippen LogP contribution >= 0.6 is 0 Å². The smallest absolute Gasteiger partial charge is 0.251 e. The number of aryl methyl sites for hydroxylation is 1. The Morgan fingerprint density at radius 1 is 1.00 bits per heavy atom. The van der Waals surface area contributed by atoms with Gasteiger partial charge in [-0.05, 0) is 49.4 Å². The number of nitrogens with one attached hydrogen (secondary N) is 3. The average Bonchev–Trinajstić information content (AvgIpc) is 3.31. The van der Waals surface area contributed by atoms with E-state index >= 15 is 0 Å². The highest BCUT2D eigenvalue weighted by Crippen LogP contribution is 2.15. The molecule has 0 bridgehead atoms. The Bertz CT molecular complexity index is 1050. The van der Waals surface area contributed by atoms with Gasteiger partial charge in [0.25, 0.3) is 5.91 Å². The molecule has 0 aliphatic rings. The SMILES string of the molecule is CCOc1ccc(NC(=O)CNC(=O)c2cccc(NC(=O)CCn3ccnc3)c2)cc1. The molecule has 166 valence electrons. The van der Waals surface area contributed by atoms with Crippen LogP contribution in [-0.2, 0) is 16.1 Å². The maximum atomic E-state index is 12.4. The lowest BCUT2D eigenvalue weighted by Crippen LogP contribution is -2.32. The summed E-state index contributed by atoms with van der Waals surface area (Å²) in [5.41, 5.74) is 1.45. The fraction of sp³-hybridized carbons (Fsp3) is 0.217. The van der Waals surface area contributed by atoms with Crippen molar-refractivity contribution in [3.8, 4) is 5.75 Å². The first-order chi connectivity index (χ1) is 15.5. The van der Waals surface area contributed by atoms with Crippen molar-refractivity contribution >= 4 is 29.1 Å². The van der Waals surface area contributed by atoms with Crippen LogP contribution < -0.4 is 20.7 Å². The number of hydrogen-bond donors (Lipinski definition) is 3. The number of benzene rings is 2. The zero-order chi connectivity index (χ0) is 22.8. The number of aromatic nitrogens is 2. The number of anilines is 2. The van der Waals surface area contributed by atoms with Crippen LogP contribution in [0.25, 0.3) is 0 Å². The number of rotatable bonds is 10. The molecule has 0 aliphatic heterocycles. The predicted octanol–water partition coefficient (Wildman–Crippen LogP) is 2.68. The average molecular weight is 435 g/mol. The zero-order valence-electron chi connectivity index (χ0n) is 17.7. The van der Waals surface area contributed by atoms with Crippen molar-refractivity contribution in [2.75, 3.05) is 23.8 Å². The molecule has 1 aromatic heterocycles. The summed E-state index contributed by atoms with van der Waals surface area (Å²) in [5, 5.41) is 8.05. The van der Waals surface area contributed by atoms with E-state index in [0.717, 1.165) is 0 Å². The molecule has 3 N–H and O–H groups in total. The van der Waals surface area contributed by atoms with E-state index in [1.54, 1.807) is 67.3 Å². The molecule has 0 radical (unpaired) electrons. The third-order valence-electron chi connectivity index (χ3n) is 4.42. The molecule has 0 fully saturated rings. The highest BCUT2D eigenvalue weighted by molar-refractivity contribution is 6.00. The van der Waals surface area contributed by atoms with Crippen LogP contribution in [0.15, 0.2) is 67.3 Å². The molecule has 32 heavy (non-hydrogen) atoms. The molecular weight excluding hydrogens is 410 g/mol. The summed E-state index contributed by atoms with van der Waals surface area (Å²) in [7, 11) is 0. The fourth-order valence-corrected chi connectivity index (χ4v) is 2.88. The first-order valence-corrected chi connectivity index (χ1v) is 10.2. The van der Waals surface area contributed by atoms with Crippen LogP contribution in [-0.4, -0.2) is 40.4 Å². The van der Waals surface area contributed by atoms with Gasteiger partial charge in [-0.2, -0.15) is 0 Å². The summed E-state index contributed by atoms with van der Waals surface area (Å²) < 4.78 is 7.17. The van der Waals surface area contributed by atoms with E-state index in [-0.39, 0.29) is 24.8 Å². The van der Waals surface area contributed by atoms with Gasteiger partial charge >= 0.3 is 0 Å². The molecule has 3 amide bonds. The van der Waals surface area contributed by atoms with E-state index < -0.39 is 5.91 Å². The van der Waals surface area contributed by atoms with E-state index in [9.17, 15) is 14.4 Å². The minimum absolute atomic E-state index is 0.175. The van der Waals surface area contributed by atoms with Crippen LogP contribution in [0, 0.1) is 0 Å². The summed E-state index contributed by atoms with van der Waals surface area (Å²) in [6.07, 6.45) is 5.35. The second-order valence-electron chi connectivity index (χ2n) is 6.87. The predicted molar refractivity (Wildman–Crippen MR) is 120 cm³/mol. The van der Waals surface area contributed by atoms with Gasteiger partial charge in [0, 0.05) is 42.3 Å². The van der Waals surface area contributed by atoms with Gasteiger partial charge in [0.2, 0.25) is 11.8 Å². The first kappa shape index (κ1) is 22.5. The quantitative estimate of drug-likeness (QED) is 0.453. The molecule has 9 heteroatoms.